The predicted octanol–water partition coefficient (Wildman–Crippen LogP) is 2.24. The van der Waals surface area contributed by atoms with Gasteiger partial charge in [0.05, 0.1) is 33.9 Å². The summed E-state index contributed by atoms with van der Waals surface area (Å²) in [5.74, 6) is -1.37. The van der Waals surface area contributed by atoms with Gasteiger partial charge in [0.25, 0.3) is 0 Å². The highest BCUT2D eigenvalue weighted by atomic mass is 35.5. The lowest BCUT2D eigenvalue weighted by atomic mass is 10.2. The van der Waals surface area contributed by atoms with Gasteiger partial charge in [0, 0.05) is 0 Å². The molecule has 0 atom stereocenters. The smallest absolute Gasteiger partial charge is 0.337 e. The topological polar surface area (TPSA) is 80.7 Å². The van der Waals surface area contributed by atoms with Crippen molar-refractivity contribution < 1.29 is 23.1 Å². The largest absolute Gasteiger partial charge is 0.478 e. The summed E-state index contributed by atoms with van der Waals surface area (Å²) >= 11 is 5.74. The van der Waals surface area contributed by atoms with Gasteiger partial charge in [-0.15, -0.1) is 0 Å². The molecule has 0 bridgehead atoms. The molecular weight excluding hydrogens is 292 g/mol. The number of carboxylic acid groups (broad SMARTS) is 1. The third-order valence-electron chi connectivity index (χ3n) is 2.33. The first-order chi connectivity index (χ1) is 8.74. The highest BCUT2D eigenvalue weighted by Crippen LogP contribution is 2.21. The Bertz CT molecular complexity index is 565. The SMILES string of the molecule is CC(C)OCCS(=O)(=O)c1ccc(C(=O)O)c(Cl)c1. The van der Waals surface area contributed by atoms with Crippen LogP contribution in [0.3, 0.4) is 0 Å². The Morgan fingerprint density at radius 2 is 2.05 bits per heavy atom. The van der Waals surface area contributed by atoms with E-state index in [1.807, 2.05) is 13.8 Å². The number of aromatic carboxylic acids is 1. The summed E-state index contributed by atoms with van der Waals surface area (Å²) in [6, 6.07) is 3.57. The number of hydrogen-bond acceptors (Lipinski definition) is 4. The van der Waals surface area contributed by atoms with Gasteiger partial charge in [-0.3, -0.25) is 0 Å². The van der Waals surface area contributed by atoms with E-state index in [1.165, 1.54) is 12.1 Å². The standard InChI is InChI=1S/C12H15ClO5S/c1-8(2)18-5-6-19(16,17)9-3-4-10(12(14)15)11(13)7-9/h3-4,7-8H,5-6H2,1-2H3,(H,14,15). The predicted molar refractivity (Wildman–Crippen MR) is 71.6 cm³/mol. The Morgan fingerprint density at radius 1 is 1.42 bits per heavy atom. The van der Waals surface area contributed by atoms with E-state index in [4.69, 9.17) is 21.4 Å². The molecule has 0 heterocycles. The maximum absolute atomic E-state index is 12.0. The first-order valence-electron chi connectivity index (χ1n) is 5.61. The van der Waals surface area contributed by atoms with E-state index < -0.39 is 15.8 Å². The van der Waals surface area contributed by atoms with Crippen LogP contribution < -0.4 is 0 Å². The molecule has 1 aromatic carbocycles. The molecule has 1 rings (SSSR count). The van der Waals surface area contributed by atoms with Crippen LogP contribution in [0.2, 0.25) is 5.02 Å². The Balaban J connectivity index is 2.90. The van der Waals surface area contributed by atoms with E-state index in [9.17, 15) is 13.2 Å². The molecule has 19 heavy (non-hydrogen) atoms. The minimum Gasteiger partial charge on any atom is -0.478 e. The molecule has 0 radical (unpaired) electrons. The maximum Gasteiger partial charge on any atom is 0.337 e. The van der Waals surface area contributed by atoms with Gasteiger partial charge in [-0.25, -0.2) is 13.2 Å². The zero-order valence-corrected chi connectivity index (χ0v) is 12.2. The Kier molecular flexibility index (Phi) is 5.34. The Hall–Kier alpha value is -1.11. The Labute approximate surface area is 117 Å². The van der Waals surface area contributed by atoms with Crippen molar-refractivity contribution in [1.82, 2.24) is 0 Å². The highest BCUT2D eigenvalue weighted by Gasteiger charge is 2.18. The molecule has 0 aromatic heterocycles. The van der Waals surface area contributed by atoms with Crippen LogP contribution in [0.1, 0.15) is 24.2 Å². The zero-order chi connectivity index (χ0) is 14.6. The van der Waals surface area contributed by atoms with Gasteiger partial charge in [-0.1, -0.05) is 11.6 Å². The van der Waals surface area contributed by atoms with E-state index in [-0.39, 0.29) is 33.9 Å². The number of carbonyl (C=O) groups is 1. The lowest BCUT2D eigenvalue weighted by molar-refractivity contribution is 0.0697. The van der Waals surface area contributed by atoms with E-state index in [0.29, 0.717) is 0 Å². The number of sulfone groups is 1. The van der Waals surface area contributed by atoms with Gasteiger partial charge >= 0.3 is 5.97 Å². The van der Waals surface area contributed by atoms with Crippen LogP contribution in [0.5, 0.6) is 0 Å². The molecular formula is C12H15ClO5S. The summed E-state index contributed by atoms with van der Waals surface area (Å²) in [7, 11) is -3.52. The summed E-state index contributed by atoms with van der Waals surface area (Å²) in [6.07, 6.45) is -0.0480. The van der Waals surface area contributed by atoms with Crippen LogP contribution >= 0.6 is 11.6 Å². The number of carboxylic acids is 1. The molecule has 0 spiro atoms. The maximum atomic E-state index is 12.0. The fraction of sp³-hybridized carbons (Fsp3) is 0.417. The second-order valence-corrected chi connectivity index (χ2v) is 6.70. The molecule has 5 nitrogen and oxygen atoms in total. The average molecular weight is 307 g/mol. The van der Waals surface area contributed by atoms with E-state index in [1.54, 1.807) is 0 Å². The van der Waals surface area contributed by atoms with Crippen molar-refractivity contribution in [2.45, 2.75) is 24.8 Å². The molecule has 0 saturated carbocycles. The molecule has 1 aromatic rings. The van der Waals surface area contributed by atoms with Gasteiger partial charge in [-0.2, -0.15) is 0 Å². The van der Waals surface area contributed by atoms with Crippen molar-refractivity contribution in [2.75, 3.05) is 12.4 Å². The lowest BCUT2D eigenvalue weighted by Gasteiger charge is -2.09. The molecule has 0 fully saturated rings. The molecule has 106 valence electrons. The fourth-order valence-electron chi connectivity index (χ4n) is 1.37. The molecule has 0 aliphatic rings. The first-order valence-corrected chi connectivity index (χ1v) is 7.64. The fourth-order valence-corrected chi connectivity index (χ4v) is 2.82. The number of halogens is 1. The quantitative estimate of drug-likeness (QED) is 0.871. The zero-order valence-electron chi connectivity index (χ0n) is 10.6. The summed E-state index contributed by atoms with van der Waals surface area (Å²) in [4.78, 5) is 10.8. The van der Waals surface area contributed by atoms with Crippen molar-refractivity contribution in [3.63, 3.8) is 0 Å². The van der Waals surface area contributed by atoms with Crippen LogP contribution in [0.15, 0.2) is 23.1 Å². The van der Waals surface area contributed by atoms with Gasteiger partial charge in [0.15, 0.2) is 9.84 Å². The minimum absolute atomic E-state index is 0.00476. The molecule has 0 amide bonds. The van der Waals surface area contributed by atoms with Gasteiger partial charge in [-0.05, 0) is 32.0 Å². The van der Waals surface area contributed by atoms with Crippen LogP contribution in [0.25, 0.3) is 0 Å². The number of hydrogen-bond donors (Lipinski definition) is 1. The monoisotopic (exact) mass is 306 g/mol. The van der Waals surface area contributed by atoms with Crippen molar-refractivity contribution in [1.29, 1.82) is 0 Å². The van der Waals surface area contributed by atoms with Crippen molar-refractivity contribution >= 4 is 27.4 Å². The molecule has 0 unspecified atom stereocenters. The average Bonchev–Trinajstić information content (AvgIpc) is 2.27. The first kappa shape index (κ1) is 15.9. The van der Waals surface area contributed by atoms with Crippen LogP contribution in [0.4, 0.5) is 0 Å². The summed E-state index contributed by atoms with van der Waals surface area (Å²) in [5, 5.41) is 8.71. The van der Waals surface area contributed by atoms with Crippen LogP contribution in [-0.4, -0.2) is 38.0 Å². The summed E-state index contributed by atoms with van der Waals surface area (Å²) in [5.41, 5.74) is -0.126. The van der Waals surface area contributed by atoms with Crippen molar-refractivity contribution in [2.24, 2.45) is 0 Å². The van der Waals surface area contributed by atoms with Crippen molar-refractivity contribution in [3.05, 3.63) is 28.8 Å². The number of rotatable bonds is 6. The lowest BCUT2D eigenvalue weighted by Crippen LogP contribution is -2.15. The van der Waals surface area contributed by atoms with Crippen LogP contribution in [-0.2, 0) is 14.6 Å². The van der Waals surface area contributed by atoms with E-state index in [0.717, 1.165) is 6.07 Å². The second kappa shape index (κ2) is 6.36. The molecule has 0 saturated heterocycles. The van der Waals surface area contributed by atoms with Gasteiger partial charge in [0.2, 0.25) is 0 Å². The third-order valence-corrected chi connectivity index (χ3v) is 4.32. The van der Waals surface area contributed by atoms with Gasteiger partial charge < -0.3 is 9.84 Å². The van der Waals surface area contributed by atoms with Crippen molar-refractivity contribution in [3.8, 4) is 0 Å². The molecule has 0 aliphatic carbocycles. The summed E-state index contributed by atoms with van der Waals surface area (Å²) in [6.45, 7) is 3.70. The molecule has 0 aliphatic heterocycles. The number of benzene rings is 1. The van der Waals surface area contributed by atoms with E-state index in [2.05, 4.69) is 0 Å². The van der Waals surface area contributed by atoms with Crippen LogP contribution in [0, 0.1) is 0 Å². The van der Waals surface area contributed by atoms with Gasteiger partial charge in [0.1, 0.15) is 0 Å². The number of ether oxygens (including phenoxy) is 1. The highest BCUT2D eigenvalue weighted by molar-refractivity contribution is 7.91. The second-order valence-electron chi connectivity index (χ2n) is 4.19. The minimum atomic E-state index is -3.52. The Morgan fingerprint density at radius 3 is 2.53 bits per heavy atom. The normalized spacial score (nSPS) is 11.8. The van der Waals surface area contributed by atoms with E-state index >= 15 is 0 Å². The third kappa shape index (κ3) is 4.49. The molecule has 7 heteroatoms. The molecule has 1 N–H and O–H groups in total. The summed E-state index contributed by atoms with van der Waals surface area (Å²) < 4.78 is 29.1.